The van der Waals surface area contributed by atoms with Crippen LogP contribution in [0, 0.1) is 0 Å². The highest BCUT2D eigenvalue weighted by Crippen LogP contribution is 2.35. The SMILES string of the molecule is NC(=O)c1nc2ccc(Oc3ncccc3OCC(F)(F)F)cn2c1C(F)(F)F. The molecule has 3 rings (SSSR count). The highest BCUT2D eigenvalue weighted by molar-refractivity contribution is 5.93. The largest absolute Gasteiger partial charge is 0.478 e. The van der Waals surface area contributed by atoms with Gasteiger partial charge >= 0.3 is 12.4 Å². The van der Waals surface area contributed by atoms with Gasteiger partial charge < -0.3 is 15.2 Å². The molecule has 3 aromatic heterocycles. The zero-order valence-electron chi connectivity index (χ0n) is 14.1. The van der Waals surface area contributed by atoms with Gasteiger partial charge in [0.25, 0.3) is 11.8 Å². The Morgan fingerprint density at radius 1 is 1.14 bits per heavy atom. The van der Waals surface area contributed by atoms with Crippen molar-refractivity contribution in [3.8, 4) is 17.4 Å². The normalized spacial score (nSPS) is 12.2. The van der Waals surface area contributed by atoms with Crippen LogP contribution in [0.5, 0.6) is 17.4 Å². The van der Waals surface area contributed by atoms with E-state index < -0.39 is 42.1 Å². The minimum absolute atomic E-state index is 0.230. The first-order valence-corrected chi connectivity index (χ1v) is 7.67. The van der Waals surface area contributed by atoms with Crippen LogP contribution in [-0.2, 0) is 6.18 Å². The van der Waals surface area contributed by atoms with Crippen molar-refractivity contribution in [2.45, 2.75) is 12.4 Å². The molecule has 0 aliphatic heterocycles. The standard InChI is InChI=1S/C16H10F6N4O3/c17-15(18,19)7-28-9-2-1-5-24-14(9)29-8-3-4-10-25-11(13(23)27)12(16(20,21)22)26(10)6-8/h1-6H,7H2,(H2,23,27). The monoisotopic (exact) mass is 420 g/mol. The minimum Gasteiger partial charge on any atom is -0.478 e. The van der Waals surface area contributed by atoms with Crippen LogP contribution >= 0.6 is 0 Å². The Bertz CT molecular complexity index is 1060. The van der Waals surface area contributed by atoms with E-state index in [-0.39, 0.29) is 17.1 Å². The number of rotatable bonds is 5. The van der Waals surface area contributed by atoms with E-state index in [1.807, 2.05) is 0 Å². The van der Waals surface area contributed by atoms with Crippen LogP contribution in [0.4, 0.5) is 26.3 Å². The van der Waals surface area contributed by atoms with E-state index in [1.165, 1.54) is 18.3 Å². The van der Waals surface area contributed by atoms with E-state index in [0.29, 0.717) is 4.40 Å². The number of ether oxygens (including phenoxy) is 2. The van der Waals surface area contributed by atoms with Gasteiger partial charge in [0.1, 0.15) is 11.4 Å². The van der Waals surface area contributed by atoms with Crippen LogP contribution in [0.2, 0.25) is 0 Å². The predicted octanol–water partition coefficient (Wildman–Crippen LogP) is 3.58. The van der Waals surface area contributed by atoms with Crippen LogP contribution in [0.1, 0.15) is 16.2 Å². The molecule has 0 spiro atoms. The molecule has 1 amide bonds. The number of halogens is 6. The van der Waals surface area contributed by atoms with Crippen molar-refractivity contribution >= 4 is 11.6 Å². The highest BCUT2D eigenvalue weighted by Gasteiger charge is 2.40. The number of fused-ring (bicyclic) bond motifs is 1. The summed E-state index contributed by atoms with van der Waals surface area (Å²) in [6.07, 6.45) is -7.54. The molecule has 0 aliphatic rings. The van der Waals surface area contributed by atoms with Gasteiger partial charge in [-0.3, -0.25) is 9.20 Å². The van der Waals surface area contributed by atoms with Crippen molar-refractivity contribution in [3.05, 3.63) is 48.0 Å². The molecular formula is C16H10F6N4O3. The van der Waals surface area contributed by atoms with E-state index in [2.05, 4.69) is 14.7 Å². The zero-order chi connectivity index (χ0) is 21.4. The highest BCUT2D eigenvalue weighted by atomic mass is 19.4. The van der Waals surface area contributed by atoms with Crippen molar-refractivity contribution < 1.29 is 40.6 Å². The summed E-state index contributed by atoms with van der Waals surface area (Å²) in [6, 6.07) is 4.74. The Hall–Kier alpha value is -3.51. The number of nitrogens with zero attached hydrogens (tertiary/aromatic N) is 3. The van der Waals surface area contributed by atoms with Gasteiger partial charge in [0.15, 0.2) is 23.7 Å². The maximum atomic E-state index is 13.4. The summed E-state index contributed by atoms with van der Waals surface area (Å²) in [5.41, 5.74) is 2.32. The molecule has 0 unspecified atom stereocenters. The summed E-state index contributed by atoms with van der Waals surface area (Å²) in [5, 5.41) is 0. The number of pyridine rings is 2. The number of primary amides is 1. The van der Waals surface area contributed by atoms with Crippen molar-refractivity contribution in [2.75, 3.05) is 6.61 Å². The van der Waals surface area contributed by atoms with E-state index in [4.69, 9.17) is 10.5 Å². The lowest BCUT2D eigenvalue weighted by molar-refractivity contribution is -0.153. The third-order valence-corrected chi connectivity index (χ3v) is 3.44. The first-order chi connectivity index (χ1) is 13.5. The average molecular weight is 420 g/mol. The summed E-state index contributed by atoms with van der Waals surface area (Å²) in [5.74, 6) is -2.38. The fourth-order valence-electron chi connectivity index (χ4n) is 2.36. The molecule has 0 saturated heterocycles. The summed E-state index contributed by atoms with van der Waals surface area (Å²) in [6.45, 7) is -1.62. The summed E-state index contributed by atoms with van der Waals surface area (Å²) in [4.78, 5) is 18.6. The number of hydrogen-bond donors (Lipinski definition) is 1. The van der Waals surface area contributed by atoms with Crippen LogP contribution in [0.15, 0.2) is 36.7 Å². The quantitative estimate of drug-likeness (QED) is 0.637. The fraction of sp³-hybridized carbons (Fsp3) is 0.188. The lowest BCUT2D eigenvalue weighted by Crippen LogP contribution is -2.20. The fourth-order valence-corrected chi connectivity index (χ4v) is 2.36. The predicted molar refractivity (Wildman–Crippen MR) is 84.6 cm³/mol. The molecule has 154 valence electrons. The second-order valence-corrected chi connectivity index (χ2v) is 5.58. The number of carbonyl (C=O) groups excluding carboxylic acids is 1. The van der Waals surface area contributed by atoms with Gasteiger partial charge in [0.2, 0.25) is 0 Å². The number of nitrogens with two attached hydrogens (primary N) is 1. The van der Waals surface area contributed by atoms with E-state index in [0.717, 1.165) is 18.3 Å². The summed E-state index contributed by atoms with van der Waals surface area (Å²) >= 11 is 0. The molecule has 0 aromatic carbocycles. The average Bonchev–Trinajstić information content (AvgIpc) is 2.99. The van der Waals surface area contributed by atoms with Gasteiger partial charge in [-0.2, -0.15) is 26.3 Å². The first-order valence-electron chi connectivity index (χ1n) is 7.67. The van der Waals surface area contributed by atoms with Crippen LogP contribution in [-0.4, -0.2) is 33.1 Å². The van der Waals surface area contributed by atoms with Crippen molar-refractivity contribution in [1.82, 2.24) is 14.4 Å². The number of hydrogen-bond acceptors (Lipinski definition) is 5. The Morgan fingerprint density at radius 3 is 2.48 bits per heavy atom. The number of carbonyl (C=O) groups is 1. The Balaban J connectivity index is 1.99. The van der Waals surface area contributed by atoms with Gasteiger partial charge in [0, 0.05) is 6.20 Å². The lowest BCUT2D eigenvalue weighted by atomic mass is 10.3. The van der Waals surface area contributed by atoms with Crippen LogP contribution in [0.3, 0.4) is 0 Å². The lowest BCUT2D eigenvalue weighted by Gasteiger charge is -2.13. The van der Waals surface area contributed by atoms with Crippen molar-refractivity contribution in [1.29, 1.82) is 0 Å². The van der Waals surface area contributed by atoms with Gasteiger partial charge in [-0.15, -0.1) is 0 Å². The third kappa shape index (κ3) is 4.50. The first kappa shape index (κ1) is 20.2. The van der Waals surface area contributed by atoms with E-state index in [1.54, 1.807) is 0 Å². The topological polar surface area (TPSA) is 91.7 Å². The second kappa shape index (κ2) is 7.14. The summed E-state index contributed by atoms with van der Waals surface area (Å²) < 4.78 is 87.6. The van der Waals surface area contributed by atoms with E-state index >= 15 is 0 Å². The maximum Gasteiger partial charge on any atom is 0.434 e. The van der Waals surface area contributed by atoms with Crippen molar-refractivity contribution in [3.63, 3.8) is 0 Å². The maximum absolute atomic E-state index is 13.4. The Kier molecular flexibility index (Phi) is 4.98. The molecule has 0 saturated carbocycles. The van der Waals surface area contributed by atoms with Gasteiger partial charge in [-0.05, 0) is 24.3 Å². The molecule has 13 heteroatoms. The molecule has 0 fully saturated rings. The van der Waals surface area contributed by atoms with E-state index in [9.17, 15) is 31.1 Å². The van der Waals surface area contributed by atoms with Crippen LogP contribution < -0.4 is 15.2 Å². The smallest absolute Gasteiger partial charge is 0.434 e. The minimum atomic E-state index is -4.96. The Labute approximate surface area is 157 Å². The molecular weight excluding hydrogens is 410 g/mol. The molecule has 3 heterocycles. The summed E-state index contributed by atoms with van der Waals surface area (Å²) in [7, 11) is 0. The van der Waals surface area contributed by atoms with Gasteiger partial charge in [-0.25, -0.2) is 9.97 Å². The molecule has 0 bridgehead atoms. The molecule has 7 nitrogen and oxygen atoms in total. The molecule has 29 heavy (non-hydrogen) atoms. The van der Waals surface area contributed by atoms with Gasteiger partial charge in [0.05, 0.1) is 6.20 Å². The Morgan fingerprint density at radius 2 is 1.86 bits per heavy atom. The molecule has 3 aromatic rings. The molecule has 2 N–H and O–H groups in total. The number of aromatic nitrogens is 3. The van der Waals surface area contributed by atoms with Gasteiger partial charge in [-0.1, -0.05) is 0 Å². The van der Waals surface area contributed by atoms with Crippen molar-refractivity contribution in [2.24, 2.45) is 5.73 Å². The molecule has 0 radical (unpaired) electrons. The molecule has 0 atom stereocenters. The number of amides is 1. The molecule has 0 aliphatic carbocycles. The van der Waals surface area contributed by atoms with Crippen LogP contribution in [0.25, 0.3) is 5.65 Å². The number of imidazole rings is 1. The number of alkyl halides is 6. The zero-order valence-corrected chi connectivity index (χ0v) is 14.1. The second-order valence-electron chi connectivity index (χ2n) is 5.58. The third-order valence-electron chi connectivity index (χ3n) is 3.44.